The van der Waals surface area contributed by atoms with E-state index in [1.807, 2.05) is 24.3 Å². The van der Waals surface area contributed by atoms with E-state index in [9.17, 15) is 19.2 Å². The van der Waals surface area contributed by atoms with E-state index in [1.165, 1.54) is 12.5 Å². The van der Waals surface area contributed by atoms with Crippen molar-refractivity contribution >= 4 is 29.4 Å². The first kappa shape index (κ1) is 22.0. The molecule has 3 rings (SSSR count). The van der Waals surface area contributed by atoms with Gasteiger partial charge in [0, 0.05) is 5.69 Å². The van der Waals surface area contributed by atoms with E-state index in [1.54, 1.807) is 0 Å². The van der Waals surface area contributed by atoms with Crippen molar-refractivity contribution < 1.29 is 23.9 Å². The quantitative estimate of drug-likeness (QED) is 0.546. The van der Waals surface area contributed by atoms with Gasteiger partial charge >= 0.3 is 5.97 Å². The largest absolute Gasteiger partial charge is 0.454 e. The van der Waals surface area contributed by atoms with Crippen molar-refractivity contribution in [2.24, 2.45) is 11.8 Å². The lowest BCUT2D eigenvalue weighted by atomic mass is 9.81. The molecule has 3 amide bonds. The maximum absolute atomic E-state index is 12.6. The van der Waals surface area contributed by atoms with Crippen LogP contribution in [-0.2, 0) is 23.9 Å². The van der Waals surface area contributed by atoms with E-state index in [4.69, 9.17) is 4.74 Å². The molecule has 4 atom stereocenters. The van der Waals surface area contributed by atoms with Gasteiger partial charge in [0.25, 0.3) is 5.91 Å². The van der Waals surface area contributed by atoms with Crippen molar-refractivity contribution in [3.8, 4) is 0 Å². The maximum Gasteiger partial charge on any atom is 0.329 e. The second-order valence-electron chi connectivity index (χ2n) is 8.31. The van der Waals surface area contributed by atoms with Crippen LogP contribution in [0.25, 0.3) is 0 Å². The van der Waals surface area contributed by atoms with Crippen molar-refractivity contribution in [1.82, 2.24) is 4.90 Å². The number of carbonyl (C=O) groups is 4. The van der Waals surface area contributed by atoms with Gasteiger partial charge in [0.05, 0.1) is 11.8 Å². The topological polar surface area (TPSA) is 92.8 Å². The van der Waals surface area contributed by atoms with Crippen LogP contribution >= 0.6 is 0 Å². The maximum atomic E-state index is 12.6. The van der Waals surface area contributed by atoms with Crippen molar-refractivity contribution in [3.05, 3.63) is 29.8 Å². The van der Waals surface area contributed by atoms with E-state index in [-0.39, 0.29) is 23.7 Å². The van der Waals surface area contributed by atoms with Crippen LogP contribution in [0.4, 0.5) is 5.69 Å². The highest BCUT2D eigenvalue weighted by Crippen LogP contribution is 2.38. The van der Waals surface area contributed by atoms with Gasteiger partial charge in [-0.3, -0.25) is 19.3 Å². The van der Waals surface area contributed by atoms with E-state index >= 15 is 0 Å². The number of nitrogens with zero attached hydrogens (tertiary/aromatic N) is 1. The molecule has 0 unspecified atom stereocenters. The Bertz CT molecular complexity index is 795. The second-order valence-corrected chi connectivity index (χ2v) is 8.31. The zero-order valence-corrected chi connectivity index (χ0v) is 17.8. The number of nitrogens with one attached hydrogen (secondary N) is 1. The molecule has 1 aromatic carbocycles. The number of carbonyl (C=O) groups excluding carboxylic acids is 4. The monoisotopic (exact) mass is 414 g/mol. The number of hydrogen-bond acceptors (Lipinski definition) is 5. The number of benzene rings is 1. The Morgan fingerprint density at radius 1 is 1.07 bits per heavy atom. The summed E-state index contributed by atoms with van der Waals surface area (Å²) in [5.74, 6) is -2.00. The van der Waals surface area contributed by atoms with Gasteiger partial charge in [-0.25, -0.2) is 4.79 Å². The van der Waals surface area contributed by atoms with Gasteiger partial charge in [-0.1, -0.05) is 38.8 Å². The fourth-order valence-corrected chi connectivity index (χ4v) is 4.26. The van der Waals surface area contributed by atoms with Crippen LogP contribution in [0.1, 0.15) is 64.4 Å². The van der Waals surface area contributed by atoms with E-state index in [2.05, 4.69) is 19.2 Å². The molecule has 1 saturated carbocycles. The Morgan fingerprint density at radius 2 is 1.63 bits per heavy atom. The average molecular weight is 415 g/mol. The highest BCUT2D eigenvalue weighted by molar-refractivity contribution is 6.08. The van der Waals surface area contributed by atoms with Gasteiger partial charge in [-0.05, 0) is 49.8 Å². The summed E-state index contributed by atoms with van der Waals surface area (Å²) < 4.78 is 5.08. The smallest absolute Gasteiger partial charge is 0.329 e. The third-order valence-corrected chi connectivity index (χ3v) is 6.33. The number of esters is 1. The lowest BCUT2D eigenvalue weighted by Crippen LogP contribution is -2.45. The van der Waals surface area contributed by atoms with Crippen molar-refractivity contribution in [2.45, 2.75) is 64.8 Å². The highest BCUT2D eigenvalue weighted by atomic mass is 16.5. The van der Waals surface area contributed by atoms with Crippen molar-refractivity contribution in [1.29, 1.82) is 0 Å². The van der Waals surface area contributed by atoms with E-state index in [0.717, 1.165) is 24.2 Å². The molecule has 30 heavy (non-hydrogen) atoms. The lowest BCUT2D eigenvalue weighted by Gasteiger charge is -2.21. The zero-order valence-electron chi connectivity index (χ0n) is 17.8. The SMILES string of the molecule is CC[C@@H](C)c1ccc(NC(=O)COC(=O)[C@H](C)N2C(=O)[C@H]3CCCC[C@H]3C2=O)cc1. The standard InChI is InChI=1S/C23H30N2O5/c1-4-14(2)16-9-11-17(12-10-16)24-20(26)13-30-23(29)15(3)25-21(27)18-7-5-6-8-19(18)22(25)28/h9-12,14-15,18-19H,4-8,13H2,1-3H3,(H,24,26)/t14-,15+,18-,19+/m1/s1. The van der Waals surface area contributed by atoms with Gasteiger partial charge in [0.2, 0.25) is 11.8 Å². The Balaban J connectivity index is 1.51. The highest BCUT2D eigenvalue weighted by Gasteiger charge is 2.51. The molecular formula is C23H30N2O5. The number of imide groups is 1. The predicted molar refractivity (Wildman–Crippen MR) is 111 cm³/mol. The summed E-state index contributed by atoms with van der Waals surface area (Å²) in [6, 6.07) is 6.52. The van der Waals surface area contributed by atoms with Crippen LogP contribution in [0.2, 0.25) is 0 Å². The average Bonchev–Trinajstić information content (AvgIpc) is 3.02. The summed E-state index contributed by atoms with van der Waals surface area (Å²) in [7, 11) is 0. The fraction of sp³-hybridized carbons (Fsp3) is 0.565. The molecule has 0 spiro atoms. The van der Waals surface area contributed by atoms with Gasteiger partial charge in [0.1, 0.15) is 6.04 Å². The van der Waals surface area contributed by atoms with E-state index in [0.29, 0.717) is 24.4 Å². The number of amides is 3. The minimum atomic E-state index is -1.03. The fourth-order valence-electron chi connectivity index (χ4n) is 4.26. The number of likely N-dealkylation sites (tertiary alicyclic amines) is 1. The molecule has 7 heteroatoms. The summed E-state index contributed by atoms with van der Waals surface area (Å²) >= 11 is 0. The van der Waals surface area contributed by atoms with Crippen LogP contribution in [0.5, 0.6) is 0 Å². The summed E-state index contributed by atoms with van der Waals surface area (Å²) in [5, 5.41) is 2.68. The van der Waals surface area contributed by atoms with Crippen LogP contribution in [0, 0.1) is 11.8 Å². The molecule has 162 valence electrons. The Labute approximate surface area is 177 Å². The summed E-state index contributed by atoms with van der Waals surface area (Å²) in [6.07, 6.45) is 4.25. The molecule has 1 N–H and O–H groups in total. The Kier molecular flexibility index (Phi) is 6.90. The predicted octanol–water partition coefficient (Wildman–Crippen LogP) is 3.25. The van der Waals surface area contributed by atoms with Crippen molar-refractivity contribution in [3.63, 3.8) is 0 Å². The Hall–Kier alpha value is -2.70. The minimum Gasteiger partial charge on any atom is -0.454 e. The second kappa shape index (κ2) is 9.41. The van der Waals surface area contributed by atoms with Crippen LogP contribution < -0.4 is 5.32 Å². The first-order chi connectivity index (χ1) is 14.3. The molecule has 0 radical (unpaired) electrons. The van der Waals surface area contributed by atoms with Crippen molar-refractivity contribution in [2.75, 3.05) is 11.9 Å². The number of fused-ring (bicyclic) bond motifs is 1. The molecule has 1 aliphatic carbocycles. The third kappa shape index (κ3) is 4.55. The number of ether oxygens (including phenoxy) is 1. The molecule has 7 nitrogen and oxygen atoms in total. The van der Waals surface area contributed by atoms with Crippen LogP contribution in [0.3, 0.4) is 0 Å². The molecule has 2 aliphatic rings. The number of anilines is 1. The molecule has 1 aliphatic heterocycles. The van der Waals surface area contributed by atoms with Crippen LogP contribution in [0.15, 0.2) is 24.3 Å². The molecular weight excluding hydrogens is 384 g/mol. The minimum absolute atomic E-state index is 0.292. The summed E-state index contributed by atoms with van der Waals surface area (Å²) in [5.41, 5.74) is 1.81. The molecule has 0 aromatic heterocycles. The molecule has 0 bridgehead atoms. The summed E-state index contributed by atoms with van der Waals surface area (Å²) in [4.78, 5) is 50.7. The first-order valence-electron chi connectivity index (χ1n) is 10.8. The molecule has 1 aromatic rings. The number of hydrogen-bond donors (Lipinski definition) is 1. The Morgan fingerprint density at radius 3 is 2.17 bits per heavy atom. The van der Waals surface area contributed by atoms with Gasteiger partial charge in [-0.2, -0.15) is 0 Å². The van der Waals surface area contributed by atoms with Gasteiger partial charge in [0.15, 0.2) is 6.61 Å². The lowest BCUT2D eigenvalue weighted by molar-refractivity contribution is -0.159. The van der Waals surface area contributed by atoms with E-state index < -0.39 is 24.5 Å². The van der Waals surface area contributed by atoms with Gasteiger partial charge < -0.3 is 10.1 Å². The molecule has 1 saturated heterocycles. The molecule has 1 heterocycles. The zero-order chi connectivity index (χ0) is 21.8. The summed E-state index contributed by atoms with van der Waals surface area (Å²) in [6.45, 7) is 5.26. The third-order valence-electron chi connectivity index (χ3n) is 6.33. The first-order valence-corrected chi connectivity index (χ1v) is 10.8. The van der Waals surface area contributed by atoms with Gasteiger partial charge in [-0.15, -0.1) is 0 Å². The van der Waals surface area contributed by atoms with Crippen LogP contribution in [-0.4, -0.2) is 41.2 Å². The number of rotatable bonds is 7. The normalized spacial score (nSPS) is 23.0. The molecule has 2 fully saturated rings.